The Kier molecular flexibility index (Phi) is 12.0. The number of benzene rings is 2. The van der Waals surface area contributed by atoms with Crippen LogP contribution >= 0.6 is 0 Å². The van der Waals surface area contributed by atoms with Crippen molar-refractivity contribution in [3.05, 3.63) is 145 Å². The summed E-state index contributed by atoms with van der Waals surface area (Å²) in [6.07, 6.45) is 9.54. The summed E-state index contributed by atoms with van der Waals surface area (Å²) in [6.45, 7) is 0. The Bertz CT molecular complexity index is 1920. The number of amides is 2. The Morgan fingerprint density at radius 2 is 0.940 bits per heavy atom. The lowest BCUT2D eigenvalue weighted by molar-refractivity contribution is 0.101. The van der Waals surface area contributed by atoms with Crippen molar-refractivity contribution in [1.82, 2.24) is 19.9 Å². The molecule has 4 heterocycles. The third-order valence-corrected chi connectivity index (χ3v) is 6.59. The van der Waals surface area contributed by atoms with Gasteiger partial charge >= 0.3 is 0 Å². The highest BCUT2D eigenvalue weighted by Gasteiger charge is 2.12. The average molecular weight is 667 g/mol. The van der Waals surface area contributed by atoms with Crippen LogP contribution in [-0.2, 0) is 0 Å². The van der Waals surface area contributed by atoms with Crippen molar-refractivity contribution in [2.24, 2.45) is 20.5 Å². The van der Waals surface area contributed by atoms with Gasteiger partial charge < -0.3 is 20.1 Å². The van der Waals surface area contributed by atoms with Crippen molar-refractivity contribution < 1.29 is 19.1 Å². The lowest BCUT2D eigenvalue weighted by Crippen LogP contribution is -2.12. The van der Waals surface area contributed by atoms with Crippen LogP contribution in [0.1, 0.15) is 20.7 Å². The summed E-state index contributed by atoms with van der Waals surface area (Å²) in [5.41, 5.74) is 3.28. The molecule has 14 heteroatoms. The molecular formula is C36H30N10O4. The second-order valence-corrected chi connectivity index (χ2v) is 9.93. The van der Waals surface area contributed by atoms with Crippen molar-refractivity contribution in [3.63, 3.8) is 0 Å². The molecule has 4 aromatic heterocycles. The number of hydrogen-bond donors (Lipinski definition) is 2. The van der Waals surface area contributed by atoms with Crippen LogP contribution in [-0.4, -0.2) is 46.0 Å². The SMILES string of the molecule is COc1cc(/N=N/c2ccccn2)ccc1NC(=O)c1ccncc1.COc1cc(/N=N\c2ccccn2)ccc1NC(=O)c1ccncc1. The first kappa shape index (κ1) is 34.1. The molecule has 0 aliphatic heterocycles. The molecule has 2 aromatic carbocycles. The first-order valence-electron chi connectivity index (χ1n) is 15.0. The Morgan fingerprint density at radius 3 is 1.30 bits per heavy atom. The molecule has 6 rings (SSSR count). The topological polar surface area (TPSA) is 178 Å². The number of azo groups is 2. The van der Waals surface area contributed by atoms with E-state index in [2.05, 4.69) is 51.0 Å². The standard InChI is InChI=1S/2C18H15N5O2/c2*1-25-16-12-14(22-23-17-4-2-3-9-20-17)5-6-15(16)21-18(24)13-7-10-19-11-8-13/h2*2-12H,1H3,(H,21,24)/b23-22+;23-22-. The highest BCUT2D eigenvalue weighted by Crippen LogP contribution is 2.31. The third kappa shape index (κ3) is 9.89. The molecule has 248 valence electrons. The van der Waals surface area contributed by atoms with Crippen LogP contribution in [0.25, 0.3) is 0 Å². The maximum absolute atomic E-state index is 12.2. The zero-order valence-electron chi connectivity index (χ0n) is 26.9. The molecular weight excluding hydrogens is 636 g/mol. The molecule has 0 saturated heterocycles. The molecule has 0 atom stereocenters. The summed E-state index contributed by atoms with van der Waals surface area (Å²) in [6, 6.07) is 27.6. The van der Waals surface area contributed by atoms with E-state index in [-0.39, 0.29) is 11.8 Å². The molecule has 0 saturated carbocycles. The number of nitrogens with one attached hydrogen (secondary N) is 2. The van der Waals surface area contributed by atoms with Crippen molar-refractivity contribution in [2.45, 2.75) is 0 Å². The van der Waals surface area contributed by atoms with Gasteiger partial charge in [0.25, 0.3) is 11.8 Å². The Labute approximate surface area is 287 Å². The van der Waals surface area contributed by atoms with Gasteiger partial charge in [0, 0.05) is 60.4 Å². The number of ether oxygens (including phenoxy) is 2. The van der Waals surface area contributed by atoms with Gasteiger partial charge in [0.1, 0.15) is 11.5 Å². The highest BCUT2D eigenvalue weighted by atomic mass is 16.5. The number of pyridine rings is 4. The molecule has 2 N–H and O–H groups in total. The van der Waals surface area contributed by atoms with Crippen LogP contribution < -0.4 is 20.1 Å². The monoisotopic (exact) mass is 666 g/mol. The number of methoxy groups -OCH3 is 2. The minimum absolute atomic E-state index is 0.247. The summed E-state index contributed by atoms with van der Waals surface area (Å²) in [7, 11) is 3.05. The second-order valence-electron chi connectivity index (χ2n) is 9.93. The molecule has 0 fully saturated rings. The van der Waals surface area contributed by atoms with E-state index in [1.54, 1.807) is 110 Å². The molecule has 6 aromatic rings. The average Bonchev–Trinajstić information content (AvgIpc) is 3.18. The van der Waals surface area contributed by atoms with E-state index >= 15 is 0 Å². The number of hydrogen-bond acceptors (Lipinski definition) is 12. The van der Waals surface area contributed by atoms with Crippen LogP contribution in [0.15, 0.2) is 155 Å². The van der Waals surface area contributed by atoms with E-state index < -0.39 is 0 Å². The zero-order valence-corrected chi connectivity index (χ0v) is 26.9. The van der Waals surface area contributed by atoms with E-state index in [0.717, 1.165) is 0 Å². The van der Waals surface area contributed by atoms with Crippen molar-refractivity contribution in [2.75, 3.05) is 24.9 Å². The molecule has 0 aliphatic rings. The smallest absolute Gasteiger partial charge is 0.255 e. The summed E-state index contributed by atoms with van der Waals surface area (Å²) < 4.78 is 10.7. The number of aromatic nitrogens is 4. The fourth-order valence-corrected chi connectivity index (χ4v) is 4.13. The number of nitrogens with zero attached hydrogens (tertiary/aromatic N) is 8. The minimum Gasteiger partial charge on any atom is -0.494 e. The molecule has 0 spiro atoms. The lowest BCUT2D eigenvalue weighted by atomic mass is 10.2. The molecule has 0 radical (unpaired) electrons. The van der Waals surface area contributed by atoms with Crippen LogP contribution in [0, 0.1) is 0 Å². The fourth-order valence-electron chi connectivity index (χ4n) is 4.13. The first-order valence-corrected chi connectivity index (χ1v) is 15.0. The van der Waals surface area contributed by atoms with E-state index in [9.17, 15) is 9.59 Å². The maximum atomic E-state index is 12.2. The van der Waals surface area contributed by atoms with Gasteiger partial charge in [-0.15, -0.1) is 20.5 Å². The van der Waals surface area contributed by atoms with E-state index in [1.165, 1.54) is 14.2 Å². The van der Waals surface area contributed by atoms with Gasteiger partial charge in [-0.05, 0) is 72.8 Å². The van der Waals surface area contributed by atoms with Gasteiger partial charge in [0.2, 0.25) is 0 Å². The third-order valence-electron chi connectivity index (χ3n) is 6.59. The van der Waals surface area contributed by atoms with Crippen LogP contribution in [0.4, 0.5) is 34.4 Å². The Hall–Kier alpha value is -7.22. The van der Waals surface area contributed by atoms with Gasteiger partial charge in [0.15, 0.2) is 11.6 Å². The summed E-state index contributed by atoms with van der Waals surface area (Å²) in [5, 5.41) is 22.0. The molecule has 0 bridgehead atoms. The van der Waals surface area contributed by atoms with Gasteiger partial charge in [-0.1, -0.05) is 12.1 Å². The van der Waals surface area contributed by atoms with Crippen molar-refractivity contribution in [3.8, 4) is 11.5 Å². The van der Waals surface area contributed by atoms with E-state index in [4.69, 9.17) is 9.47 Å². The summed E-state index contributed by atoms with van der Waals surface area (Å²) >= 11 is 0. The van der Waals surface area contributed by atoms with Crippen molar-refractivity contribution >= 4 is 46.2 Å². The molecule has 14 nitrogen and oxygen atoms in total. The van der Waals surface area contributed by atoms with E-state index in [1.807, 2.05) is 24.3 Å². The second kappa shape index (κ2) is 17.6. The number of carbonyl (C=O) groups is 2. The lowest BCUT2D eigenvalue weighted by Gasteiger charge is -2.10. The fraction of sp³-hybridized carbons (Fsp3) is 0.0556. The van der Waals surface area contributed by atoms with Crippen molar-refractivity contribution in [1.29, 1.82) is 0 Å². The van der Waals surface area contributed by atoms with Gasteiger partial charge in [0.05, 0.1) is 37.0 Å². The Balaban J connectivity index is 0.000000194. The summed E-state index contributed by atoms with van der Waals surface area (Å²) in [4.78, 5) is 40.4. The van der Waals surface area contributed by atoms with Gasteiger partial charge in [-0.2, -0.15) is 0 Å². The molecule has 50 heavy (non-hydrogen) atoms. The van der Waals surface area contributed by atoms with E-state index in [0.29, 0.717) is 57.0 Å². The largest absolute Gasteiger partial charge is 0.494 e. The zero-order chi connectivity index (χ0) is 35.0. The predicted molar refractivity (Wildman–Crippen MR) is 187 cm³/mol. The first-order chi connectivity index (χ1) is 24.5. The van der Waals surface area contributed by atoms with Gasteiger partial charge in [-0.3, -0.25) is 19.6 Å². The molecule has 2 amide bonds. The minimum atomic E-state index is -0.247. The molecule has 0 unspecified atom stereocenters. The number of rotatable bonds is 10. The quantitative estimate of drug-likeness (QED) is 0.137. The normalized spacial score (nSPS) is 10.6. The maximum Gasteiger partial charge on any atom is 0.255 e. The van der Waals surface area contributed by atoms with Crippen LogP contribution in [0.5, 0.6) is 11.5 Å². The molecule has 0 aliphatic carbocycles. The summed E-state index contributed by atoms with van der Waals surface area (Å²) in [5.74, 6) is 1.50. The van der Waals surface area contributed by atoms with Crippen LogP contribution in [0.3, 0.4) is 0 Å². The van der Waals surface area contributed by atoms with Crippen LogP contribution in [0.2, 0.25) is 0 Å². The Morgan fingerprint density at radius 1 is 0.520 bits per heavy atom. The predicted octanol–water partition coefficient (Wildman–Crippen LogP) is 8.31. The highest BCUT2D eigenvalue weighted by molar-refractivity contribution is 6.05. The number of carbonyl (C=O) groups excluding carboxylic acids is 2. The van der Waals surface area contributed by atoms with Gasteiger partial charge in [-0.25, -0.2) is 9.97 Å². The number of anilines is 2.